The van der Waals surface area contributed by atoms with E-state index in [1.165, 1.54) is 32.1 Å². The summed E-state index contributed by atoms with van der Waals surface area (Å²) in [7, 11) is 0. The van der Waals surface area contributed by atoms with Crippen LogP contribution >= 0.6 is 0 Å². The molecule has 4 unspecified atom stereocenters. The van der Waals surface area contributed by atoms with Gasteiger partial charge >= 0.3 is 5.97 Å². The number of carboxylic acids is 1. The van der Waals surface area contributed by atoms with Gasteiger partial charge in [0.25, 0.3) is 0 Å². The lowest BCUT2D eigenvalue weighted by Crippen LogP contribution is -2.73. The minimum absolute atomic E-state index is 0.322. The van der Waals surface area contributed by atoms with Crippen molar-refractivity contribution in [2.75, 3.05) is 0 Å². The second-order valence-electron chi connectivity index (χ2n) is 9.37. The molecule has 1 N–H and O–H groups in total. The Morgan fingerprint density at radius 3 is 1.95 bits per heavy atom. The van der Waals surface area contributed by atoms with E-state index in [1.54, 1.807) is 0 Å². The summed E-state index contributed by atoms with van der Waals surface area (Å²) < 4.78 is 0. The number of hydrogen-bond donors (Lipinski definition) is 1. The Labute approximate surface area is 115 Å². The SMILES string of the molecule is CC12CC3C4CC5(C)CC3C(C1)C(C(=O)O)(C5)C4C2. The molecule has 2 nitrogen and oxygen atoms in total. The molecule has 8 bridgehead atoms. The maximum atomic E-state index is 12.2. The molecular formula is C17H24O2. The molecule has 2 heteroatoms. The van der Waals surface area contributed by atoms with Crippen molar-refractivity contribution in [3.63, 3.8) is 0 Å². The van der Waals surface area contributed by atoms with E-state index in [0.29, 0.717) is 22.7 Å². The smallest absolute Gasteiger partial charge is 0.310 e. The first-order chi connectivity index (χ1) is 8.87. The number of rotatable bonds is 1. The zero-order valence-corrected chi connectivity index (χ0v) is 12.0. The van der Waals surface area contributed by atoms with Gasteiger partial charge in [-0.05, 0) is 78.9 Å². The summed E-state index contributed by atoms with van der Waals surface area (Å²) in [5.41, 5.74) is 0.510. The van der Waals surface area contributed by atoms with Gasteiger partial charge in [0, 0.05) is 0 Å². The predicted molar refractivity (Wildman–Crippen MR) is 71.4 cm³/mol. The van der Waals surface area contributed by atoms with Crippen LogP contribution in [0.3, 0.4) is 0 Å². The van der Waals surface area contributed by atoms with Crippen molar-refractivity contribution >= 4 is 5.97 Å². The minimum Gasteiger partial charge on any atom is -0.481 e. The molecule has 0 heterocycles. The average molecular weight is 260 g/mol. The fraction of sp³-hybridized carbons (Fsp3) is 0.941. The Hall–Kier alpha value is -0.530. The Bertz CT molecular complexity index is 469. The molecule has 7 fully saturated rings. The van der Waals surface area contributed by atoms with Crippen LogP contribution in [0.5, 0.6) is 0 Å². The quantitative estimate of drug-likeness (QED) is 0.782. The molecule has 0 radical (unpaired) electrons. The van der Waals surface area contributed by atoms with Crippen LogP contribution in [-0.2, 0) is 4.79 Å². The number of carbonyl (C=O) groups is 1. The lowest BCUT2D eigenvalue weighted by molar-refractivity contribution is -0.291. The third kappa shape index (κ3) is 1.01. The maximum Gasteiger partial charge on any atom is 0.310 e. The fourth-order valence-corrected chi connectivity index (χ4v) is 8.12. The second-order valence-corrected chi connectivity index (χ2v) is 9.37. The van der Waals surface area contributed by atoms with Gasteiger partial charge in [0.05, 0.1) is 5.41 Å². The highest BCUT2D eigenvalue weighted by molar-refractivity contribution is 5.77. The van der Waals surface area contributed by atoms with E-state index in [1.807, 2.05) is 0 Å². The molecule has 7 aliphatic carbocycles. The molecule has 0 amide bonds. The van der Waals surface area contributed by atoms with Crippen molar-refractivity contribution in [1.29, 1.82) is 0 Å². The van der Waals surface area contributed by atoms with E-state index in [4.69, 9.17) is 0 Å². The molecule has 7 aliphatic rings. The summed E-state index contributed by atoms with van der Waals surface area (Å²) in [5.74, 6) is 2.96. The summed E-state index contributed by atoms with van der Waals surface area (Å²) in [6.45, 7) is 4.83. The Balaban J connectivity index is 1.74. The largest absolute Gasteiger partial charge is 0.481 e. The first-order valence-electron chi connectivity index (χ1n) is 8.10. The van der Waals surface area contributed by atoms with Gasteiger partial charge in [0.1, 0.15) is 0 Å². The lowest BCUT2D eigenvalue weighted by atomic mass is 9.26. The zero-order chi connectivity index (χ0) is 13.2. The summed E-state index contributed by atoms with van der Waals surface area (Å²) >= 11 is 0. The first-order valence-corrected chi connectivity index (χ1v) is 8.10. The molecule has 104 valence electrons. The van der Waals surface area contributed by atoms with Gasteiger partial charge in [-0.3, -0.25) is 4.79 Å². The lowest BCUT2D eigenvalue weighted by Gasteiger charge is -2.77. The number of hydrogen-bond acceptors (Lipinski definition) is 1. The molecular weight excluding hydrogens is 236 g/mol. The van der Waals surface area contributed by atoms with Crippen molar-refractivity contribution in [2.24, 2.45) is 45.8 Å². The number of carboxylic acid groups (broad SMARTS) is 1. The van der Waals surface area contributed by atoms with Crippen LogP contribution in [0.4, 0.5) is 0 Å². The summed E-state index contributed by atoms with van der Waals surface area (Å²) in [5, 5.41) is 10.1. The van der Waals surface area contributed by atoms with Gasteiger partial charge in [-0.2, -0.15) is 0 Å². The minimum atomic E-state index is -0.439. The third-order valence-electron chi connectivity index (χ3n) is 8.19. The van der Waals surface area contributed by atoms with Crippen LogP contribution in [0.15, 0.2) is 0 Å². The highest BCUT2D eigenvalue weighted by Crippen LogP contribution is 2.80. The van der Waals surface area contributed by atoms with Crippen molar-refractivity contribution in [3.05, 3.63) is 0 Å². The highest BCUT2D eigenvalue weighted by atomic mass is 16.4. The average Bonchev–Trinajstić information content (AvgIpc) is 2.32. The summed E-state index contributed by atoms with van der Waals surface area (Å²) in [4.78, 5) is 12.2. The normalized spacial score (nSPS) is 67.8. The predicted octanol–water partition coefficient (Wildman–Crippen LogP) is 3.56. The number of aliphatic carboxylic acids is 1. The first kappa shape index (κ1) is 11.2. The van der Waals surface area contributed by atoms with Crippen LogP contribution in [0.2, 0.25) is 0 Å². The molecule has 4 atom stereocenters. The van der Waals surface area contributed by atoms with Crippen LogP contribution in [0.1, 0.15) is 52.4 Å². The highest BCUT2D eigenvalue weighted by Gasteiger charge is 2.76. The van der Waals surface area contributed by atoms with Gasteiger partial charge in [0.15, 0.2) is 0 Å². The van der Waals surface area contributed by atoms with Gasteiger partial charge in [0.2, 0.25) is 0 Å². The maximum absolute atomic E-state index is 12.2. The van der Waals surface area contributed by atoms with Crippen molar-refractivity contribution in [3.8, 4) is 0 Å². The van der Waals surface area contributed by atoms with Gasteiger partial charge in [-0.25, -0.2) is 0 Å². The van der Waals surface area contributed by atoms with Crippen LogP contribution < -0.4 is 0 Å². The molecule has 7 rings (SSSR count). The van der Waals surface area contributed by atoms with E-state index in [9.17, 15) is 9.90 Å². The van der Waals surface area contributed by atoms with E-state index >= 15 is 0 Å². The van der Waals surface area contributed by atoms with Crippen molar-refractivity contribution in [2.45, 2.75) is 52.4 Å². The van der Waals surface area contributed by atoms with Gasteiger partial charge in [-0.1, -0.05) is 13.8 Å². The molecule has 0 aromatic heterocycles. The van der Waals surface area contributed by atoms with Crippen LogP contribution in [-0.4, -0.2) is 11.1 Å². The van der Waals surface area contributed by atoms with Gasteiger partial charge < -0.3 is 5.11 Å². The Kier molecular flexibility index (Phi) is 1.62. The second kappa shape index (κ2) is 2.76. The topological polar surface area (TPSA) is 37.3 Å². The standard InChI is InChI=1S/C17H24O2/c1-15-3-9-10-4-16(2)5-11(9)13(7-15)17(8-16,14(18)19)12(10)6-15/h9-13H,3-8H2,1-2H3,(H,18,19). The summed E-state index contributed by atoms with van der Waals surface area (Å²) in [6.07, 6.45) is 7.47. The fourth-order valence-electron chi connectivity index (χ4n) is 8.12. The zero-order valence-electron chi connectivity index (χ0n) is 12.0. The molecule has 19 heavy (non-hydrogen) atoms. The molecule has 0 aromatic rings. The molecule has 0 aromatic carbocycles. The van der Waals surface area contributed by atoms with Crippen LogP contribution in [0.25, 0.3) is 0 Å². The summed E-state index contributed by atoms with van der Waals surface area (Å²) in [6, 6.07) is 0. The van der Waals surface area contributed by atoms with E-state index in [2.05, 4.69) is 13.8 Å². The van der Waals surface area contributed by atoms with E-state index < -0.39 is 5.97 Å². The molecule has 7 saturated carbocycles. The molecule has 0 saturated heterocycles. The third-order valence-corrected chi connectivity index (χ3v) is 8.19. The van der Waals surface area contributed by atoms with E-state index in [-0.39, 0.29) is 5.41 Å². The van der Waals surface area contributed by atoms with Crippen molar-refractivity contribution < 1.29 is 9.90 Å². The monoisotopic (exact) mass is 260 g/mol. The Morgan fingerprint density at radius 1 is 0.895 bits per heavy atom. The van der Waals surface area contributed by atoms with Crippen LogP contribution in [0, 0.1) is 45.8 Å². The molecule has 0 spiro atoms. The van der Waals surface area contributed by atoms with Gasteiger partial charge in [-0.15, -0.1) is 0 Å². The molecule has 0 aliphatic heterocycles. The van der Waals surface area contributed by atoms with E-state index in [0.717, 1.165) is 24.2 Å². The Morgan fingerprint density at radius 2 is 1.42 bits per heavy atom. The van der Waals surface area contributed by atoms with Crippen molar-refractivity contribution in [1.82, 2.24) is 0 Å².